The maximum atomic E-state index is 12.9. The summed E-state index contributed by atoms with van der Waals surface area (Å²) in [5.74, 6) is 0.710. The van der Waals surface area contributed by atoms with Crippen molar-refractivity contribution in [2.24, 2.45) is 5.92 Å². The molecule has 3 unspecified atom stereocenters. The lowest BCUT2D eigenvalue weighted by Crippen LogP contribution is -2.50. The second kappa shape index (κ2) is 8.03. The van der Waals surface area contributed by atoms with Crippen LogP contribution in [0.25, 0.3) is 0 Å². The van der Waals surface area contributed by atoms with Gasteiger partial charge in [0, 0.05) is 33.6 Å². The topological polar surface area (TPSA) is 71.1 Å². The molecule has 1 aromatic rings. The van der Waals surface area contributed by atoms with Crippen molar-refractivity contribution in [1.82, 2.24) is 9.80 Å². The number of hydrogen-bond acceptors (Lipinski definition) is 5. The number of amides is 2. The van der Waals surface area contributed by atoms with E-state index >= 15 is 0 Å². The van der Waals surface area contributed by atoms with Crippen molar-refractivity contribution in [2.75, 3.05) is 38.2 Å². The van der Waals surface area contributed by atoms with Crippen LogP contribution in [-0.4, -0.2) is 72.8 Å². The third kappa shape index (κ3) is 3.41. The number of ether oxygens (including phenoxy) is 2. The highest BCUT2D eigenvalue weighted by atomic mass is 16.6. The van der Waals surface area contributed by atoms with Crippen molar-refractivity contribution in [2.45, 2.75) is 68.5 Å². The summed E-state index contributed by atoms with van der Waals surface area (Å²) >= 11 is 0. The van der Waals surface area contributed by atoms with Crippen LogP contribution in [0.15, 0.2) is 24.3 Å². The zero-order chi connectivity index (χ0) is 21.7. The predicted octanol–water partition coefficient (Wildman–Crippen LogP) is 3.63. The van der Waals surface area contributed by atoms with Gasteiger partial charge < -0.3 is 24.6 Å². The van der Waals surface area contributed by atoms with E-state index < -0.39 is 0 Å². The number of benzene rings is 1. The Morgan fingerprint density at radius 1 is 1.12 bits per heavy atom. The molecule has 0 radical (unpaired) electrons. The van der Waals surface area contributed by atoms with Crippen LogP contribution in [0.2, 0.25) is 0 Å². The third-order valence-corrected chi connectivity index (χ3v) is 8.64. The van der Waals surface area contributed by atoms with Gasteiger partial charge in [-0.2, -0.15) is 0 Å². The summed E-state index contributed by atoms with van der Waals surface area (Å²) in [6, 6.07) is 8.92. The first-order chi connectivity index (χ1) is 15.6. The Hall–Kier alpha value is -2.12. The van der Waals surface area contributed by atoms with Crippen molar-refractivity contribution in [3.8, 4) is 0 Å². The normalized spacial score (nSPS) is 33.8. The van der Waals surface area contributed by atoms with Crippen LogP contribution in [0.5, 0.6) is 0 Å². The number of hydrogen-bond donors (Lipinski definition) is 1. The minimum Gasteiger partial charge on any atom is -0.444 e. The lowest BCUT2D eigenvalue weighted by Gasteiger charge is -2.42. The van der Waals surface area contributed by atoms with Crippen LogP contribution in [0, 0.1) is 5.92 Å². The second-order valence-electron chi connectivity index (χ2n) is 10.4. The number of fused-ring (bicyclic) bond motifs is 6. The van der Waals surface area contributed by atoms with Gasteiger partial charge in [-0.25, -0.2) is 4.79 Å². The average Bonchev–Trinajstić information content (AvgIpc) is 3.28. The van der Waals surface area contributed by atoms with Crippen molar-refractivity contribution >= 4 is 17.7 Å². The molecule has 2 amide bonds. The number of para-hydroxylation sites is 1. The van der Waals surface area contributed by atoms with Gasteiger partial charge in [-0.1, -0.05) is 18.2 Å². The predicted molar refractivity (Wildman–Crippen MR) is 124 cm³/mol. The van der Waals surface area contributed by atoms with Gasteiger partial charge in [0.1, 0.15) is 6.10 Å². The number of likely N-dealkylation sites (tertiary alicyclic amines) is 1. The number of carbonyl (C=O) groups excluding carboxylic acids is 2. The van der Waals surface area contributed by atoms with Crippen molar-refractivity contribution in [3.63, 3.8) is 0 Å². The Morgan fingerprint density at radius 2 is 1.97 bits per heavy atom. The molecule has 4 atom stereocenters. The third-order valence-electron chi connectivity index (χ3n) is 8.64. The summed E-state index contributed by atoms with van der Waals surface area (Å²) in [4.78, 5) is 30.4. The van der Waals surface area contributed by atoms with E-state index in [0.717, 1.165) is 63.8 Å². The Labute approximate surface area is 192 Å². The van der Waals surface area contributed by atoms with Gasteiger partial charge in [0.15, 0.2) is 0 Å². The maximum Gasteiger partial charge on any atom is 0.410 e. The molecule has 7 nitrogen and oxygen atoms in total. The molecule has 1 spiro atoms. The van der Waals surface area contributed by atoms with Gasteiger partial charge in [0.25, 0.3) is 0 Å². The lowest BCUT2D eigenvalue weighted by molar-refractivity contribution is -0.122. The first kappa shape index (κ1) is 20.5. The number of carbonyl (C=O) groups is 2. The zero-order valence-corrected chi connectivity index (χ0v) is 18.6. The minimum atomic E-state index is -0.365. The largest absolute Gasteiger partial charge is 0.444 e. The summed E-state index contributed by atoms with van der Waals surface area (Å²) in [5.41, 5.74) is 1.80. The van der Waals surface area contributed by atoms with Crippen molar-refractivity contribution in [3.05, 3.63) is 29.8 Å². The summed E-state index contributed by atoms with van der Waals surface area (Å²) in [6.07, 6.45) is 6.75. The Kier molecular flexibility index (Phi) is 5.14. The van der Waals surface area contributed by atoms with E-state index in [2.05, 4.69) is 16.3 Å². The number of anilines is 1. The molecule has 32 heavy (non-hydrogen) atoms. The van der Waals surface area contributed by atoms with E-state index in [1.165, 1.54) is 12.0 Å². The summed E-state index contributed by atoms with van der Waals surface area (Å²) in [7, 11) is 0. The molecule has 2 bridgehead atoms. The van der Waals surface area contributed by atoms with E-state index in [9.17, 15) is 9.59 Å². The zero-order valence-electron chi connectivity index (χ0n) is 18.6. The number of rotatable bonds is 2. The standard InChI is InChI=1S/C25H33N3O4.2H2/c29-23-25(21-3-1-2-4-22(21)26-23)8-10-27(11-9-25)19-13-17-5-6-18(14-19)28(15-17)24(30)32-20-7-12-31-16-20;;/h1-4,17-20H,5-16H2,(H,26,29);2*1H/t17?,18?,19?,20-;;/m1../s1. The van der Waals surface area contributed by atoms with Crippen LogP contribution in [0.3, 0.4) is 0 Å². The van der Waals surface area contributed by atoms with Crippen LogP contribution in [0.4, 0.5) is 10.5 Å². The molecule has 7 heteroatoms. The molecule has 5 heterocycles. The molecule has 176 valence electrons. The highest BCUT2D eigenvalue weighted by Gasteiger charge is 2.50. The minimum absolute atomic E-state index is 0. The Bertz CT molecular complexity index is 902. The summed E-state index contributed by atoms with van der Waals surface area (Å²) in [5, 5.41) is 3.11. The fourth-order valence-electron chi connectivity index (χ4n) is 6.81. The highest BCUT2D eigenvalue weighted by molar-refractivity contribution is 6.06. The highest BCUT2D eigenvalue weighted by Crippen LogP contribution is 2.46. The lowest BCUT2D eigenvalue weighted by atomic mass is 9.73. The molecular weight excluding hydrogens is 406 g/mol. The van der Waals surface area contributed by atoms with Gasteiger partial charge in [-0.05, 0) is 69.2 Å². The number of piperidine rings is 2. The van der Waals surface area contributed by atoms with Crippen molar-refractivity contribution < 1.29 is 21.9 Å². The second-order valence-corrected chi connectivity index (χ2v) is 10.4. The van der Waals surface area contributed by atoms with Gasteiger partial charge >= 0.3 is 6.09 Å². The molecule has 0 aromatic heterocycles. The smallest absolute Gasteiger partial charge is 0.410 e. The van der Waals surface area contributed by atoms with E-state index in [1.54, 1.807) is 0 Å². The first-order valence-corrected chi connectivity index (χ1v) is 12.3. The van der Waals surface area contributed by atoms with Crippen LogP contribution >= 0.6 is 0 Å². The molecule has 1 aliphatic carbocycles. The summed E-state index contributed by atoms with van der Waals surface area (Å²) < 4.78 is 11.1. The molecule has 7 rings (SSSR count). The molecule has 5 aliphatic heterocycles. The van der Waals surface area contributed by atoms with Crippen LogP contribution < -0.4 is 5.32 Å². The molecular formula is C25H37N3O4. The van der Waals surface area contributed by atoms with E-state index in [-0.39, 0.29) is 32.4 Å². The Balaban J connectivity index is 0.00000137. The number of nitrogens with one attached hydrogen (secondary N) is 1. The van der Waals surface area contributed by atoms with Gasteiger partial charge in [-0.15, -0.1) is 0 Å². The van der Waals surface area contributed by atoms with Gasteiger partial charge in [0.05, 0.1) is 18.6 Å². The van der Waals surface area contributed by atoms with E-state index in [4.69, 9.17) is 9.47 Å². The fraction of sp³-hybridized carbons (Fsp3) is 0.680. The van der Waals surface area contributed by atoms with Crippen LogP contribution in [0.1, 0.15) is 53.4 Å². The van der Waals surface area contributed by atoms with E-state index in [1.807, 2.05) is 23.1 Å². The Morgan fingerprint density at radius 3 is 2.78 bits per heavy atom. The molecule has 6 aliphatic rings. The molecule has 1 N–H and O–H groups in total. The van der Waals surface area contributed by atoms with Crippen molar-refractivity contribution in [1.29, 1.82) is 0 Å². The monoisotopic (exact) mass is 443 g/mol. The van der Waals surface area contributed by atoms with Crippen LogP contribution in [-0.2, 0) is 19.7 Å². The quantitative estimate of drug-likeness (QED) is 0.756. The molecule has 5 fully saturated rings. The average molecular weight is 444 g/mol. The molecule has 1 aromatic carbocycles. The SMILES string of the molecule is O=C(O[C@@H]1CCOC1)N1CC2CCC1CC(N1CCC3(CC1)C(=O)Nc1ccccc13)C2.[HH].[HH]. The number of nitrogens with zero attached hydrogens (tertiary/aromatic N) is 2. The van der Waals surface area contributed by atoms with Gasteiger partial charge in [-0.3, -0.25) is 4.79 Å². The van der Waals surface area contributed by atoms with E-state index in [0.29, 0.717) is 25.2 Å². The van der Waals surface area contributed by atoms with Gasteiger partial charge in [0.2, 0.25) is 5.91 Å². The first-order valence-electron chi connectivity index (χ1n) is 12.3. The molecule has 1 saturated carbocycles. The maximum absolute atomic E-state index is 12.9. The fourth-order valence-corrected chi connectivity index (χ4v) is 6.81. The molecule has 4 saturated heterocycles. The summed E-state index contributed by atoms with van der Waals surface area (Å²) in [6.45, 7) is 3.92.